The van der Waals surface area contributed by atoms with E-state index in [1.165, 1.54) is 13.2 Å². The van der Waals surface area contributed by atoms with E-state index in [-0.39, 0.29) is 17.6 Å². The number of benzene rings is 2. The average molecular weight is 294 g/mol. The van der Waals surface area contributed by atoms with Crippen molar-refractivity contribution in [3.05, 3.63) is 64.4 Å². The lowest BCUT2D eigenvalue weighted by molar-refractivity contribution is 0.386. The summed E-state index contributed by atoms with van der Waals surface area (Å²) in [7, 11) is 3.33. The molecule has 1 unspecified atom stereocenters. The Morgan fingerprint density at radius 3 is 2.60 bits per heavy atom. The maximum Gasteiger partial charge on any atom is 0.165 e. The average Bonchev–Trinajstić information content (AvgIpc) is 2.46. The van der Waals surface area contributed by atoms with Crippen LogP contribution >= 0.6 is 11.6 Å². The molecule has 1 N–H and O–H groups in total. The molecule has 106 valence electrons. The van der Waals surface area contributed by atoms with E-state index in [1.807, 2.05) is 37.4 Å². The summed E-state index contributed by atoms with van der Waals surface area (Å²) in [6, 6.07) is 12.7. The van der Waals surface area contributed by atoms with Gasteiger partial charge in [0.25, 0.3) is 0 Å². The minimum Gasteiger partial charge on any atom is -0.494 e. The molecule has 0 fully saturated rings. The molecule has 4 heteroatoms. The highest BCUT2D eigenvalue weighted by atomic mass is 35.5. The molecule has 2 nitrogen and oxygen atoms in total. The first-order valence-electron chi connectivity index (χ1n) is 6.39. The molecule has 0 aromatic heterocycles. The number of methoxy groups -OCH3 is 1. The molecule has 0 saturated carbocycles. The summed E-state index contributed by atoms with van der Waals surface area (Å²) in [5.74, 6) is -0.0912. The van der Waals surface area contributed by atoms with Crippen LogP contribution in [0.1, 0.15) is 17.2 Å². The van der Waals surface area contributed by atoms with Crippen molar-refractivity contribution in [2.75, 3.05) is 14.2 Å². The van der Waals surface area contributed by atoms with Crippen molar-refractivity contribution in [3.63, 3.8) is 0 Å². The summed E-state index contributed by atoms with van der Waals surface area (Å²) in [5, 5.41) is 3.93. The number of hydrogen-bond acceptors (Lipinski definition) is 2. The summed E-state index contributed by atoms with van der Waals surface area (Å²) in [6.07, 6.45) is 0.654. The number of rotatable bonds is 5. The number of likely N-dealkylation sites (N-methyl/N-ethyl adjacent to an activating group) is 1. The van der Waals surface area contributed by atoms with Crippen molar-refractivity contribution >= 4 is 11.6 Å². The van der Waals surface area contributed by atoms with E-state index in [0.717, 1.165) is 11.1 Å². The standard InChI is InChI=1S/C16H17ClFNO/c1-19-15(12-5-3-4-6-13(12)17)10-11-7-8-16(20-2)14(18)9-11/h3-9,15,19H,10H2,1-2H3. The molecule has 0 radical (unpaired) electrons. The third-order valence-electron chi connectivity index (χ3n) is 3.29. The molecule has 20 heavy (non-hydrogen) atoms. The molecule has 2 rings (SSSR count). The van der Waals surface area contributed by atoms with Gasteiger partial charge in [0.2, 0.25) is 0 Å². The van der Waals surface area contributed by atoms with Gasteiger partial charge in [-0.05, 0) is 42.8 Å². The van der Waals surface area contributed by atoms with Crippen molar-refractivity contribution in [2.24, 2.45) is 0 Å². The second-order valence-corrected chi connectivity index (χ2v) is 4.94. The van der Waals surface area contributed by atoms with E-state index in [9.17, 15) is 4.39 Å². The molecule has 0 aliphatic carbocycles. The molecular weight excluding hydrogens is 277 g/mol. The quantitative estimate of drug-likeness (QED) is 0.900. The van der Waals surface area contributed by atoms with E-state index in [0.29, 0.717) is 11.4 Å². The Hall–Kier alpha value is -1.58. The fourth-order valence-electron chi connectivity index (χ4n) is 2.20. The normalized spacial score (nSPS) is 12.2. The number of halogens is 2. The Morgan fingerprint density at radius 2 is 2.00 bits per heavy atom. The zero-order chi connectivity index (χ0) is 14.5. The van der Waals surface area contributed by atoms with Gasteiger partial charge in [0.05, 0.1) is 7.11 Å². The molecule has 0 spiro atoms. The zero-order valence-electron chi connectivity index (χ0n) is 11.5. The molecule has 1 atom stereocenters. The van der Waals surface area contributed by atoms with Crippen LogP contribution in [-0.4, -0.2) is 14.2 Å². The van der Waals surface area contributed by atoms with Gasteiger partial charge in [0, 0.05) is 11.1 Å². The third kappa shape index (κ3) is 3.30. The van der Waals surface area contributed by atoms with Crippen molar-refractivity contribution < 1.29 is 9.13 Å². The van der Waals surface area contributed by atoms with E-state index in [1.54, 1.807) is 6.07 Å². The first-order chi connectivity index (χ1) is 9.65. The summed E-state index contributed by atoms with van der Waals surface area (Å²) >= 11 is 6.21. The van der Waals surface area contributed by atoms with E-state index in [4.69, 9.17) is 16.3 Å². The van der Waals surface area contributed by atoms with Crippen LogP contribution in [0.15, 0.2) is 42.5 Å². The van der Waals surface area contributed by atoms with Crippen LogP contribution in [0.3, 0.4) is 0 Å². The summed E-state index contributed by atoms with van der Waals surface area (Å²) in [4.78, 5) is 0. The molecule has 0 amide bonds. The minimum atomic E-state index is -0.348. The zero-order valence-corrected chi connectivity index (χ0v) is 12.2. The molecule has 0 heterocycles. The van der Waals surface area contributed by atoms with E-state index < -0.39 is 0 Å². The van der Waals surface area contributed by atoms with Gasteiger partial charge in [-0.3, -0.25) is 0 Å². The maximum absolute atomic E-state index is 13.7. The molecule has 0 bridgehead atoms. The van der Waals surface area contributed by atoms with Crippen LogP contribution in [0.4, 0.5) is 4.39 Å². The molecular formula is C16H17ClFNO. The number of hydrogen-bond donors (Lipinski definition) is 1. The Morgan fingerprint density at radius 1 is 1.25 bits per heavy atom. The molecule has 0 aliphatic rings. The highest BCUT2D eigenvalue weighted by Crippen LogP contribution is 2.26. The Labute approximate surface area is 123 Å². The monoisotopic (exact) mass is 293 g/mol. The maximum atomic E-state index is 13.7. The van der Waals surface area contributed by atoms with Crippen LogP contribution in [-0.2, 0) is 6.42 Å². The fraction of sp³-hybridized carbons (Fsp3) is 0.250. The van der Waals surface area contributed by atoms with Gasteiger partial charge in [-0.25, -0.2) is 4.39 Å². The lowest BCUT2D eigenvalue weighted by Gasteiger charge is -2.18. The minimum absolute atomic E-state index is 0.0384. The van der Waals surface area contributed by atoms with Crippen molar-refractivity contribution in [1.82, 2.24) is 5.32 Å². The second kappa shape index (κ2) is 6.73. The molecule has 0 saturated heterocycles. The predicted octanol–water partition coefficient (Wildman–Crippen LogP) is 3.99. The first kappa shape index (κ1) is 14.8. The van der Waals surface area contributed by atoms with Crippen LogP contribution < -0.4 is 10.1 Å². The van der Waals surface area contributed by atoms with E-state index in [2.05, 4.69) is 5.32 Å². The van der Waals surface area contributed by atoms with Crippen LogP contribution in [0.5, 0.6) is 5.75 Å². The summed E-state index contributed by atoms with van der Waals surface area (Å²) in [5.41, 5.74) is 1.90. The van der Waals surface area contributed by atoms with Gasteiger partial charge in [0.1, 0.15) is 0 Å². The van der Waals surface area contributed by atoms with Crippen LogP contribution in [0.25, 0.3) is 0 Å². The molecule has 2 aromatic carbocycles. The fourth-order valence-corrected chi connectivity index (χ4v) is 2.47. The van der Waals surface area contributed by atoms with Crippen molar-refractivity contribution in [1.29, 1.82) is 0 Å². The highest BCUT2D eigenvalue weighted by molar-refractivity contribution is 6.31. The van der Waals surface area contributed by atoms with Crippen molar-refractivity contribution in [2.45, 2.75) is 12.5 Å². The van der Waals surface area contributed by atoms with Gasteiger partial charge in [-0.2, -0.15) is 0 Å². The number of nitrogens with one attached hydrogen (secondary N) is 1. The van der Waals surface area contributed by atoms with Gasteiger partial charge in [0.15, 0.2) is 11.6 Å². The third-order valence-corrected chi connectivity index (χ3v) is 3.63. The van der Waals surface area contributed by atoms with Gasteiger partial charge in [-0.1, -0.05) is 35.9 Å². The summed E-state index contributed by atoms with van der Waals surface area (Å²) < 4.78 is 18.6. The van der Waals surface area contributed by atoms with Crippen LogP contribution in [0, 0.1) is 5.82 Å². The van der Waals surface area contributed by atoms with Gasteiger partial charge in [-0.15, -0.1) is 0 Å². The lowest BCUT2D eigenvalue weighted by Crippen LogP contribution is -2.19. The molecule has 2 aromatic rings. The predicted molar refractivity (Wildman–Crippen MR) is 79.9 cm³/mol. The highest BCUT2D eigenvalue weighted by Gasteiger charge is 2.14. The van der Waals surface area contributed by atoms with Gasteiger partial charge >= 0.3 is 0 Å². The Bertz CT molecular complexity index is 588. The Balaban J connectivity index is 2.23. The van der Waals surface area contributed by atoms with Gasteiger partial charge < -0.3 is 10.1 Å². The van der Waals surface area contributed by atoms with Crippen LogP contribution in [0.2, 0.25) is 5.02 Å². The topological polar surface area (TPSA) is 21.3 Å². The number of ether oxygens (including phenoxy) is 1. The lowest BCUT2D eigenvalue weighted by atomic mass is 9.99. The largest absolute Gasteiger partial charge is 0.494 e. The SMILES string of the molecule is CNC(Cc1ccc(OC)c(F)c1)c1ccccc1Cl. The second-order valence-electron chi connectivity index (χ2n) is 4.54. The smallest absolute Gasteiger partial charge is 0.165 e. The van der Waals surface area contributed by atoms with Crippen molar-refractivity contribution in [3.8, 4) is 5.75 Å². The summed E-state index contributed by atoms with van der Waals surface area (Å²) in [6.45, 7) is 0. The first-order valence-corrected chi connectivity index (χ1v) is 6.77. The van der Waals surface area contributed by atoms with E-state index >= 15 is 0 Å². The Kier molecular flexibility index (Phi) is 4.99. The molecule has 0 aliphatic heterocycles.